The summed E-state index contributed by atoms with van der Waals surface area (Å²) < 4.78 is 34.1. The number of nitrogens with two attached hydrogens (primary N) is 1. The van der Waals surface area contributed by atoms with E-state index in [0.29, 0.717) is 22.9 Å². The van der Waals surface area contributed by atoms with Crippen molar-refractivity contribution >= 4 is 39.7 Å². The molecular formula is C17H20Cl2N2O3S. The minimum atomic E-state index is -3.69. The van der Waals surface area contributed by atoms with E-state index in [4.69, 9.17) is 22.1 Å². The van der Waals surface area contributed by atoms with Crippen molar-refractivity contribution in [3.8, 4) is 5.75 Å². The van der Waals surface area contributed by atoms with Crippen LogP contribution >= 0.6 is 24.0 Å². The molecule has 3 N–H and O–H groups in total. The third kappa shape index (κ3) is 4.39. The molecule has 5 nitrogen and oxygen atoms in total. The van der Waals surface area contributed by atoms with E-state index >= 15 is 0 Å². The van der Waals surface area contributed by atoms with Gasteiger partial charge in [0.25, 0.3) is 0 Å². The van der Waals surface area contributed by atoms with E-state index in [9.17, 15) is 8.42 Å². The smallest absolute Gasteiger partial charge is 0.241 e. The third-order valence-corrected chi connectivity index (χ3v) is 5.65. The van der Waals surface area contributed by atoms with Crippen LogP contribution in [0.1, 0.15) is 31.9 Å². The normalized spacial score (nSPS) is 18.6. The molecule has 0 radical (unpaired) electrons. The van der Waals surface area contributed by atoms with Gasteiger partial charge in [-0.3, -0.25) is 0 Å². The molecule has 25 heavy (non-hydrogen) atoms. The number of halogens is 2. The second-order valence-corrected chi connectivity index (χ2v) is 8.64. The van der Waals surface area contributed by atoms with Crippen molar-refractivity contribution in [1.29, 1.82) is 0 Å². The quantitative estimate of drug-likeness (QED) is 0.761. The minimum absolute atomic E-state index is 0. The van der Waals surface area contributed by atoms with Gasteiger partial charge in [-0.1, -0.05) is 11.6 Å². The lowest BCUT2D eigenvalue weighted by atomic mass is 9.90. The van der Waals surface area contributed by atoms with E-state index < -0.39 is 21.7 Å². The van der Waals surface area contributed by atoms with E-state index in [1.807, 2.05) is 13.8 Å². The maximum absolute atomic E-state index is 12.7. The standard InChI is InChI=1S/C17H19ClN2O3S.ClH/c1-17(2)10-15(14-9-12(19)5-8-16(14)23-17)20-24(21,22)13-6-3-11(18)4-7-13;/h3-9,15,20H,10,19H2,1-2H3;1H. The van der Waals surface area contributed by atoms with Gasteiger partial charge in [0.15, 0.2) is 0 Å². The lowest BCUT2D eigenvalue weighted by Crippen LogP contribution is -2.41. The Morgan fingerprint density at radius 1 is 1.20 bits per heavy atom. The Balaban J connectivity index is 0.00000225. The summed E-state index contributed by atoms with van der Waals surface area (Å²) in [4.78, 5) is 0.168. The third-order valence-electron chi connectivity index (χ3n) is 3.91. The number of rotatable bonds is 3. The van der Waals surface area contributed by atoms with Crippen molar-refractivity contribution in [2.24, 2.45) is 0 Å². The van der Waals surface area contributed by atoms with Crippen LogP contribution < -0.4 is 15.2 Å². The summed E-state index contributed by atoms with van der Waals surface area (Å²) >= 11 is 5.83. The molecule has 1 atom stereocenters. The first-order valence-corrected chi connectivity index (χ1v) is 9.39. The van der Waals surface area contributed by atoms with Crippen molar-refractivity contribution in [2.75, 3.05) is 5.73 Å². The van der Waals surface area contributed by atoms with Crippen molar-refractivity contribution in [3.63, 3.8) is 0 Å². The van der Waals surface area contributed by atoms with Crippen LogP contribution in [0.4, 0.5) is 5.69 Å². The SMILES string of the molecule is CC1(C)CC(NS(=O)(=O)c2ccc(Cl)cc2)c2cc(N)ccc2O1.Cl. The van der Waals surface area contributed by atoms with Crippen LogP contribution in [0.15, 0.2) is 47.4 Å². The molecule has 0 bridgehead atoms. The molecular weight excluding hydrogens is 383 g/mol. The van der Waals surface area contributed by atoms with Crippen LogP contribution in [-0.2, 0) is 10.0 Å². The highest BCUT2D eigenvalue weighted by Crippen LogP contribution is 2.41. The zero-order chi connectivity index (χ0) is 17.5. The first-order chi connectivity index (χ1) is 11.2. The Morgan fingerprint density at radius 2 is 1.84 bits per heavy atom. The number of benzene rings is 2. The molecule has 1 heterocycles. The van der Waals surface area contributed by atoms with E-state index in [0.717, 1.165) is 5.56 Å². The number of nitrogens with one attached hydrogen (secondary N) is 1. The highest BCUT2D eigenvalue weighted by atomic mass is 35.5. The van der Waals surface area contributed by atoms with Crippen LogP contribution in [0.25, 0.3) is 0 Å². The van der Waals surface area contributed by atoms with Gasteiger partial charge >= 0.3 is 0 Å². The summed E-state index contributed by atoms with van der Waals surface area (Å²) in [5.41, 5.74) is 6.67. The Bertz CT molecular complexity index is 868. The van der Waals surface area contributed by atoms with Crippen molar-refractivity contribution in [2.45, 2.75) is 36.8 Å². The van der Waals surface area contributed by atoms with E-state index in [2.05, 4.69) is 4.72 Å². The van der Waals surface area contributed by atoms with Gasteiger partial charge in [0.1, 0.15) is 11.4 Å². The van der Waals surface area contributed by atoms with Gasteiger partial charge in [-0.05, 0) is 56.3 Å². The number of anilines is 1. The average molecular weight is 403 g/mol. The van der Waals surface area contributed by atoms with Crippen molar-refractivity contribution < 1.29 is 13.2 Å². The Labute approximate surface area is 159 Å². The zero-order valence-electron chi connectivity index (χ0n) is 13.8. The molecule has 0 aliphatic carbocycles. The summed E-state index contributed by atoms with van der Waals surface area (Å²) in [5, 5.41) is 0.485. The molecule has 0 saturated heterocycles. The van der Waals surface area contributed by atoms with Crippen LogP contribution in [0, 0.1) is 0 Å². The Kier molecular flexibility index (Phi) is 5.59. The first kappa shape index (κ1) is 19.8. The molecule has 3 rings (SSSR count). The van der Waals surface area contributed by atoms with Crippen LogP contribution in [0.3, 0.4) is 0 Å². The van der Waals surface area contributed by atoms with Gasteiger partial charge in [0.2, 0.25) is 10.0 Å². The molecule has 136 valence electrons. The number of nitrogen functional groups attached to an aromatic ring is 1. The second-order valence-electron chi connectivity index (χ2n) is 6.49. The van der Waals surface area contributed by atoms with E-state index in [1.165, 1.54) is 12.1 Å². The molecule has 1 aliphatic heterocycles. The predicted octanol–water partition coefficient (Wildman–Crippen LogP) is 3.92. The average Bonchev–Trinajstić information content (AvgIpc) is 2.47. The zero-order valence-corrected chi connectivity index (χ0v) is 16.2. The first-order valence-electron chi connectivity index (χ1n) is 7.53. The summed E-state index contributed by atoms with van der Waals surface area (Å²) in [6.07, 6.45) is 0.496. The Hall–Kier alpha value is -1.47. The lowest BCUT2D eigenvalue weighted by Gasteiger charge is -2.37. The molecule has 0 aromatic heterocycles. The largest absolute Gasteiger partial charge is 0.487 e. The molecule has 0 amide bonds. The number of fused-ring (bicyclic) bond motifs is 1. The van der Waals surface area contributed by atoms with Crippen LogP contribution in [0.5, 0.6) is 5.75 Å². The topological polar surface area (TPSA) is 81.4 Å². The number of hydrogen-bond donors (Lipinski definition) is 2. The maximum Gasteiger partial charge on any atom is 0.241 e. The second kappa shape index (κ2) is 7.03. The monoisotopic (exact) mass is 402 g/mol. The number of sulfonamides is 1. The van der Waals surface area contributed by atoms with Gasteiger partial charge < -0.3 is 10.5 Å². The molecule has 0 fully saturated rings. The van der Waals surface area contributed by atoms with Crippen LogP contribution in [-0.4, -0.2) is 14.0 Å². The molecule has 1 aliphatic rings. The molecule has 0 saturated carbocycles. The van der Waals surface area contributed by atoms with Gasteiger partial charge in [-0.25, -0.2) is 13.1 Å². The van der Waals surface area contributed by atoms with Gasteiger partial charge in [-0.15, -0.1) is 12.4 Å². The maximum atomic E-state index is 12.7. The number of ether oxygens (including phenoxy) is 1. The Morgan fingerprint density at radius 3 is 2.48 bits per heavy atom. The fourth-order valence-electron chi connectivity index (χ4n) is 2.85. The van der Waals surface area contributed by atoms with Crippen molar-refractivity contribution in [3.05, 3.63) is 53.1 Å². The van der Waals surface area contributed by atoms with Crippen molar-refractivity contribution in [1.82, 2.24) is 4.72 Å². The highest BCUT2D eigenvalue weighted by molar-refractivity contribution is 7.89. The molecule has 2 aromatic carbocycles. The molecule has 0 spiro atoms. The molecule has 1 unspecified atom stereocenters. The summed E-state index contributed by atoms with van der Waals surface area (Å²) in [6, 6.07) is 10.9. The lowest BCUT2D eigenvalue weighted by molar-refractivity contribution is 0.0702. The number of hydrogen-bond acceptors (Lipinski definition) is 4. The summed E-state index contributed by atoms with van der Waals surface area (Å²) in [7, 11) is -3.69. The fraction of sp³-hybridized carbons (Fsp3) is 0.294. The minimum Gasteiger partial charge on any atom is -0.487 e. The van der Waals surface area contributed by atoms with Gasteiger partial charge in [0.05, 0.1) is 10.9 Å². The molecule has 8 heteroatoms. The predicted molar refractivity (Wildman–Crippen MR) is 102 cm³/mol. The van der Waals surface area contributed by atoms with Gasteiger partial charge in [0, 0.05) is 22.7 Å². The van der Waals surface area contributed by atoms with E-state index in [-0.39, 0.29) is 17.3 Å². The van der Waals surface area contributed by atoms with E-state index in [1.54, 1.807) is 30.3 Å². The molecule has 2 aromatic rings. The summed E-state index contributed by atoms with van der Waals surface area (Å²) in [5.74, 6) is 0.643. The van der Waals surface area contributed by atoms with Crippen LogP contribution in [0.2, 0.25) is 5.02 Å². The fourth-order valence-corrected chi connectivity index (χ4v) is 4.19. The van der Waals surface area contributed by atoms with Gasteiger partial charge in [-0.2, -0.15) is 0 Å². The summed E-state index contributed by atoms with van der Waals surface area (Å²) in [6.45, 7) is 3.85. The highest BCUT2D eigenvalue weighted by Gasteiger charge is 2.36.